The van der Waals surface area contributed by atoms with Crippen molar-refractivity contribution in [1.29, 1.82) is 0 Å². The van der Waals surface area contributed by atoms with E-state index >= 15 is 0 Å². The number of nitrogens with zero attached hydrogens (tertiary/aromatic N) is 1. The highest BCUT2D eigenvalue weighted by molar-refractivity contribution is 8.15. The maximum absolute atomic E-state index is 11.6. The van der Waals surface area contributed by atoms with Gasteiger partial charge in [-0.05, 0) is 36.2 Å². The van der Waals surface area contributed by atoms with E-state index in [9.17, 15) is 9.59 Å². The summed E-state index contributed by atoms with van der Waals surface area (Å²) in [6.07, 6.45) is 1.81. The molecule has 3 rings (SSSR count). The van der Waals surface area contributed by atoms with E-state index < -0.39 is 18.3 Å². The summed E-state index contributed by atoms with van der Waals surface area (Å²) in [5.41, 5.74) is 0.768. The lowest BCUT2D eigenvalue weighted by molar-refractivity contribution is -0.118. The van der Waals surface area contributed by atoms with Crippen LogP contribution in [-0.2, 0) is 11.2 Å². The van der Waals surface area contributed by atoms with Crippen LogP contribution in [0.5, 0.6) is 5.75 Å². The number of carbonyl (C=O) groups is 2. The van der Waals surface area contributed by atoms with Crippen molar-refractivity contribution in [3.05, 3.63) is 54.2 Å². The smallest absolute Gasteiger partial charge is 0.286 e. The number of thioether (sulfide) groups is 1. The lowest BCUT2D eigenvalue weighted by atomic mass is 10.1. The van der Waals surface area contributed by atoms with Gasteiger partial charge in [0.1, 0.15) is 18.1 Å². The number of ether oxygens (including phenoxy) is 1. The Morgan fingerprint density at radius 1 is 1.25 bits per heavy atom. The topological polar surface area (TPSA) is 80.3 Å². The van der Waals surface area contributed by atoms with Crippen molar-refractivity contribution in [3.63, 3.8) is 0 Å². The lowest BCUT2D eigenvalue weighted by Crippen LogP contribution is -2.25. The van der Waals surface area contributed by atoms with E-state index in [0.29, 0.717) is 6.42 Å². The van der Waals surface area contributed by atoms with Crippen LogP contribution in [0.3, 0.4) is 0 Å². The van der Waals surface area contributed by atoms with Crippen molar-refractivity contribution in [2.45, 2.75) is 11.7 Å². The second kappa shape index (κ2) is 7.83. The van der Waals surface area contributed by atoms with E-state index in [1.54, 1.807) is 24.3 Å². The highest BCUT2D eigenvalue weighted by atomic mass is 32.2. The Morgan fingerprint density at radius 2 is 2.08 bits per heavy atom. The molecule has 0 spiro atoms. The molecule has 1 aliphatic rings. The number of nitrogens with one attached hydrogen (secondary N) is 2. The molecule has 7 heteroatoms. The summed E-state index contributed by atoms with van der Waals surface area (Å²) in [5, 5.41) is 3.75. The molecule has 2 heterocycles. The Labute approximate surface area is 149 Å². The number of imide groups is 1. The SMILES string of the molecule is [2H]C([2H])(Nc1ccccn1)C([2H])([2H])Oc1ccc(CC2SC(=O)NC2=O)cc1. The van der Waals surface area contributed by atoms with Crippen LogP contribution in [0.1, 0.15) is 11.0 Å². The normalized spacial score (nSPS) is 20.4. The van der Waals surface area contributed by atoms with E-state index in [4.69, 9.17) is 10.2 Å². The first kappa shape index (κ1) is 11.9. The molecular formula is C17H17N3O3S. The predicted octanol–water partition coefficient (Wildman–Crippen LogP) is 2.47. The van der Waals surface area contributed by atoms with Gasteiger partial charge in [0.15, 0.2) is 0 Å². The maximum atomic E-state index is 11.6. The monoisotopic (exact) mass is 347 g/mol. The van der Waals surface area contributed by atoms with E-state index in [0.717, 1.165) is 17.3 Å². The number of pyridine rings is 1. The number of rotatable bonds is 7. The summed E-state index contributed by atoms with van der Waals surface area (Å²) < 4.78 is 37.2. The van der Waals surface area contributed by atoms with Crippen molar-refractivity contribution in [2.24, 2.45) is 0 Å². The van der Waals surface area contributed by atoms with Gasteiger partial charge < -0.3 is 10.1 Å². The Morgan fingerprint density at radius 3 is 2.75 bits per heavy atom. The molecule has 1 unspecified atom stereocenters. The summed E-state index contributed by atoms with van der Waals surface area (Å²) >= 11 is 0.932. The Hall–Kier alpha value is -2.54. The second-order valence-electron chi connectivity index (χ2n) is 4.90. The molecule has 2 amide bonds. The van der Waals surface area contributed by atoms with Gasteiger partial charge in [-0.15, -0.1) is 0 Å². The molecule has 0 bridgehead atoms. The number of aromatic nitrogens is 1. The Bertz CT molecular complexity index is 866. The zero-order valence-electron chi connectivity index (χ0n) is 16.5. The van der Waals surface area contributed by atoms with E-state index in [-0.39, 0.29) is 22.7 Å². The van der Waals surface area contributed by atoms with Gasteiger partial charge in [0.2, 0.25) is 5.91 Å². The van der Waals surface area contributed by atoms with Crippen LogP contribution in [0.15, 0.2) is 48.7 Å². The molecule has 2 aromatic rings. The minimum Gasteiger partial charge on any atom is -0.492 e. The fraction of sp³-hybridized carbons (Fsp3) is 0.235. The van der Waals surface area contributed by atoms with E-state index in [1.165, 1.54) is 24.4 Å². The van der Waals surface area contributed by atoms with E-state index in [1.807, 2.05) is 0 Å². The highest BCUT2D eigenvalue weighted by Gasteiger charge is 2.31. The van der Waals surface area contributed by atoms with Crippen molar-refractivity contribution < 1.29 is 19.8 Å². The lowest BCUT2D eigenvalue weighted by Gasteiger charge is -2.09. The molecule has 1 saturated heterocycles. The molecule has 0 saturated carbocycles. The molecular weight excluding hydrogens is 326 g/mol. The molecule has 1 aromatic heterocycles. The molecule has 2 N–H and O–H groups in total. The first-order chi connectivity index (χ1) is 13.2. The molecule has 0 aliphatic carbocycles. The fourth-order valence-corrected chi connectivity index (χ4v) is 2.91. The minimum absolute atomic E-state index is 0.125. The van der Waals surface area contributed by atoms with Crippen LogP contribution >= 0.6 is 11.8 Å². The number of hydrogen-bond acceptors (Lipinski definition) is 6. The third kappa shape index (κ3) is 4.48. The van der Waals surface area contributed by atoms with Crippen LogP contribution in [0.25, 0.3) is 0 Å². The van der Waals surface area contributed by atoms with Gasteiger partial charge in [0.05, 0.1) is 17.2 Å². The van der Waals surface area contributed by atoms with Crippen molar-refractivity contribution in [1.82, 2.24) is 10.3 Å². The quantitative estimate of drug-likeness (QED) is 0.801. The molecule has 6 nitrogen and oxygen atoms in total. The standard InChI is InChI=1S/C17H17N3O3S/c21-16-14(24-17(22)20-16)11-12-4-6-13(7-5-12)23-10-9-19-15-3-1-2-8-18-15/h1-8,14H,9-11H2,(H,18,19)(H,20,21,22)/i9D2,10D2. The van der Waals surface area contributed by atoms with Gasteiger partial charge in [-0.2, -0.15) is 0 Å². The maximum Gasteiger partial charge on any atom is 0.286 e. The minimum atomic E-state index is -2.69. The van der Waals surface area contributed by atoms with Gasteiger partial charge in [0.25, 0.3) is 5.24 Å². The summed E-state index contributed by atoms with van der Waals surface area (Å²) in [5.74, 6) is -0.0299. The van der Waals surface area contributed by atoms with Crippen LogP contribution in [0.4, 0.5) is 10.6 Å². The van der Waals surface area contributed by atoms with Gasteiger partial charge in [-0.3, -0.25) is 14.9 Å². The number of benzene rings is 1. The molecule has 24 heavy (non-hydrogen) atoms. The zero-order chi connectivity index (χ0) is 20.4. The van der Waals surface area contributed by atoms with Gasteiger partial charge >= 0.3 is 0 Å². The van der Waals surface area contributed by atoms with Crippen LogP contribution in [-0.4, -0.2) is 34.4 Å². The first-order valence-corrected chi connectivity index (χ1v) is 8.03. The first-order valence-electron chi connectivity index (χ1n) is 9.15. The molecule has 1 aliphatic heterocycles. The number of carbonyl (C=O) groups excluding carboxylic acids is 2. The van der Waals surface area contributed by atoms with Gasteiger partial charge in [0, 0.05) is 6.20 Å². The Kier molecular flexibility index (Phi) is 3.89. The molecule has 1 atom stereocenters. The largest absolute Gasteiger partial charge is 0.492 e. The number of hydrogen-bond donors (Lipinski definition) is 2. The number of amides is 2. The summed E-state index contributed by atoms with van der Waals surface area (Å²) in [4.78, 5) is 26.8. The number of anilines is 1. The average Bonchev–Trinajstić information content (AvgIpc) is 2.94. The van der Waals surface area contributed by atoms with Crippen molar-refractivity contribution in [2.75, 3.05) is 18.4 Å². The molecule has 124 valence electrons. The summed E-state index contributed by atoms with van der Waals surface area (Å²) in [6.45, 7) is -5.25. The van der Waals surface area contributed by atoms with Crippen molar-refractivity contribution in [3.8, 4) is 5.75 Å². The average molecular weight is 347 g/mol. The predicted molar refractivity (Wildman–Crippen MR) is 93.3 cm³/mol. The van der Waals surface area contributed by atoms with Gasteiger partial charge in [-0.1, -0.05) is 30.0 Å². The van der Waals surface area contributed by atoms with Crippen molar-refractivity contribution >= 4 is 28.7 Å². The third-order valence-corrected chi connectivity index (χ3v) is 4.17. The van der Waals surface area contributed by atoms with Gasteiger partial charge in [-0.25, -0.2) is 4.98 Å². The molecule has 1 aromatic carbocycles. The fourth-order valence-electron chi connectivity index (χ4n) is 2.05. The summed E-state index contributed by atoms with van der Waals surface area (Å²) in [7, 11) is 0. The van der Waals surface area contributed by atoms with Crippen LogP contribution < -0.4 is 15.4 Å². The highest BCUT2D eigenvalue weighted by Crippen LogP contribution is 2.23. The second-order valence-corrected chi connectivity index (χ2v) is 6.08. The molecule has 1 fully saturated rings. The van der Waals surface area contributed by atoms with E-state index in [2.05, 4.69) is 15.6 Å². The van der Waals surface area contributed by atoms with Crippen LogP contribution in [0.2, 0.25) is 0 Å². The van der Waals surface area contributed by atoms with Crippen LogP contribution in [0, 0.1) is 0 Å². The zero-order valence-corrected chi connectivity index (χ0v) is 13.3. The Balaban J connectivity index is 1.65. The summed E-state index contributed by atoms with van der Waals surface area (Å²) in [6, 6.07) is 11.1. The third-order valence-electron chi connectivity index (χ3n) is 3.19. The molecule has 0 radical (unpaired) electrons.